The lowest BCUT2D eigenvalue weighted by Gasteiger charge is -2.04. The number of ether oxygens (including phenoxy) is 2. The van der Waals surface area contributed by atoms with Gasteiger partial charge in [-0.15, -0.1) is 0 Å². The van der Waals surface area contributed by atoms with Crippen molar-refractivity contribution in [1.29, 1.82) is 0 Å². The van der Waals surface area contributed by atoms with Crippen LogP contribution in [0.1, 0.15) is 13.8 Å². The molecule has 0 N–H and O–H groups in total. The van der Waals surface area contributed by atoms with Crippen molar-refractivity contribution in [3.8, 4) is 0 Å². The zero-order valence-corrected chi connectivity index (χ0v) is 7.92. The van der Waals surface area contributed by atoms with E-state index >= 15 is 0 Å². The highest BCUT2D eigenvalue weighted by atomic mass is 16.5. The molecule has 4 heteroatoms. The highest BCUT2D eigenvalue weighted by Gasteiger charge is 2.10. The topological polar surface area (TPSA) is 52.6 Å². The first-order valence-corrected chi connectivity index (χ1v) is 3.63. The van der Waals surface area contributed by atoms with Crippen LogP contribution < -0.4 is 0 Å². The molecule has 0 rings (SSSR count). The summed E-state index contributed by atoms with van der Waals surface area (Å²) in [4.78, 5) is 21.6. The molecule has 0 atom stereocenters. The maximum Gasteiger partial charge on any atom is 0.336 e. The molecule has 0 saturated heterocycles. The monoisotopic (exact) mass is 184 g/mol. The second kappa shape index (κ2) is 5.13. The van der Waals surface area contributed by atoms with E-state index in [-0.39, 0.29) is 11.3 Å². The van der Waals surface area contributed by atoms with Crippen molar-refractivity contribution in [2.45, 2.75) is 13.8 Å². The van der Waals surface area contributed by atoms with Gasteiger partial charge in [-0.05, 0) is 13.8 Å². The summed E-state index contributed by atoms with van der Waals surface area (Å²) in [5, 5.41) is 0. The third-order valence-electron chi connectivity index (χ3n) is 1.44. The van der Waals surface area contributed by atoms with Gasteiger partial charge >= 0.3 is 11.9 Å². The normalized spacial score (nSPS) is 11.3. The fourth-order valence-corrected chi connectivity index (χ4v) is 0.566. The highest BCUT2D eigenvalue weighted by molar-refractivity contribution is 5.89. The molecule has 0 aliphatic rings. The van der Waals surface area contributed by atoms with E-state index < -0.39 is 11.9 Å². The molecule has 0 aromatic heterocycles. The molecular weight excluding hydrogens is 172 g/mol. The number of hydrogen-bond donors (Lipinski definition) is 0. The van der Waals surface area contributed by atoms with E-state index in [0.29, 0.717) is 0 Å². The molecule has 0 bridgehead atoms. The van der Waals surface area contributed by atoms with Crippen LogP contribution in [0.2, 0.25) is 0 Å². The van der Waals surface area contributed by atoms with Crippen LogP contribution in [-0.2, 0) is 19.1 Å². The number of allylic oxidation sites excluding steroid dienone is 1. The molecule has 0 aliphatic heterocycles. The number of rotatable bonds is 3. The predicted molar refractivity (Wildman–Crippen MR) is 46.7 cm³/mol. The lowest BCUT2D eigenvalue weighted by molar-refractivity contribution is -0.137. The maximum atomic E-state index is 10.9. The van der Waals surface area contributed by atoms with Crippen molar-refractivity contribution >= 4 is 11.9 Å². The van der Waals surface area contributed by atoms with E-state index in [9.17, 15) is 9.59 Å². The Balaban J connectivity index is 4.52. The Kier molecular flexibility index (Phi) is 4.51. The van der Waals surface area contributed by atoms with Gasteiger partial charge in [0.15, 0.2) is 0 Å². The lowest BCUT2D eigenvalue weighted by atomic mass is 10.3. The first-order valence-electron chi connectivity index (χ1n) is 3.63. The average molecular weight is 184 g/mol. The number of esters is 2. The molecule has 0 aromatic carbocycles. The number of carbonyl (C=O) groups excluding carboxylic acids is 2. The largest absolute Gasteiger partial charge is 0.466 e. The van der Waals surface area contributed by atoms with Crippen LogP contribution in [-0.4, -0.2) is 19.0 Å². The Morgan fingerprint density at radius 2 is 1.85 bits per heavy atom. The summed E-state index contributed by atoms with van der Waals surface area (Å²) in [7, 11) is 1.26. The number of methoxy groups -OCH3 is 1. The molecule has 0 radical (unpaired) electrons. The van der Waals surface area contributed by atoms with E-state index in [1.165, 1.54) is 21.0 Å². The zero-order valence-electron chi connectivity index (χ0n) is 7.92. The fraction of sp³-hybridized carbons (Fsp3) is 0.333. The Morgan fingerprint density at radius 1 is 1.31 bits per heavy atom. The van der Waals surface area contributed by atoms with Crippen molar-refractivity contribution in [2.24, 2.45) is 0 Å². The predicted octanol–water partition coefficient (Wildman–Crippen LogP) is 1.18. The van der Waals surface area contributed by atoms with Crippen molar-refractivity contribution in [3.05, 3.63) is 24.0 Å². The minimum atomic E-state index is -0.597. The van der Waals surface area contributed by atoms with Gasteiger partial charge in [-0.2, -0.15) is 0 Å². The summed E-state index contributed by atoms with van der Waals surface area (Å²) in [5.74, 6) is -0.896. The summed E-state index contributed by atoms with van der Waals surface area (Å²) < 4.78 is 9.14. The quantitative estimate of drug-likeness (QED) is 0.375. The zero-order chi connectivity index (χ0) is 10.4. The van der Waals surface area contributed by atoms with Gasteiger partial charge in [0.05, 0.1) is 12.7 Å². The average Bonchev–Trinajstić information content (AvgIpc) is 2.14. The Hall–Kier alpha value is -1.58. The maximum absolute atomic E-state index is 10.9. The second-order valence-corrected chi connectivity index (χ2v) is 2.30. The Morgan fingerprint density at radius 3 is 2.23 bits per heavy atom. The minimum Gasteiger partial charge on any atom is -0.466 e. The van der Waals surface area contributed by atoms with Crippen LogP contribution in [0.4, 0.5) is 0 Å². The highest BCUT2D eigenvalue weighted by Crippen LogP contribution is 2.06. The SMILES string of the molecule is C=CC(=O)OC(C)=C(C)C(=O)OC. The molecule has 0 unspecified atom stereocenters. The van der Waals surface area contributed by atoms with Crippen LogP contribution >= 0.6 is 0 Å². The third kappa shape index (κ3) is 3.55. The summed E-state index contributed by atoms with van der Waals surface area (Å²) in [6.07, 6.45) is 1.02. The van der Waals surface area contributed by atoms with Crippen molar-refractivity contribution < 1.29 is 19.1 Å². The molecule has 0 fully saturated rings. The van der Waals surface area contributed by atoms with Crippen LogP contribution in [0.5, 0.6) is 0 Å². The summed E-state index contributed by atoms with van der Waals surface area (Å²) in [6, 6.07) is 0. The minimum absolute atomic E-state index is 0.219. The fourth-order valence-electron chi connectivity index (χ4n) is 0.566. The van der Waals surface area contributed by atoms with Crippen LogP contribution in [0, 0.1) is 0 Å². The summed E-state index contributed by atoms with van der Waals surface area (Å²) in [6.45, 7) is 6.24. The van der Waals surface area contributed by atoms with Crippen LogP contribution in [0.25, 0.3) is 0 Å². The molecule has 13 heavy (non-hydrogen) atoms. The van der Waals surface area contributed by atoms with Crippen molar-refractivity contribution in [1.82, 2.24) is 0 Å². The van der Waals surface area contributed by atoms with E-state index in [2.05, 4.69) is 11.3 Å². The van der Waals surface area contributed by atoms with Crippen molar-refractivity contribution in [2.75, 3.05) is 7.11 Å². The first-order chi connectivity index (χ1) is 6.02. The molecule has 0 aliphatic carbocycles. The van der Waals surface area contributed by atoms with Crippen molar-refractivity contribution in [3.63, 3.8) is 0 Å². The van der Waals surface area contributed by atoms with E-state index in [4.69, 9.17) is 4.74 Å². The van der Waals surface area contributed by atoms with E-state index in [0.717, 1.165) is 6.08 Å². The van der Waals surface area contributed by atoms with Gasteiger partial charge in [0.25, 0.3) is 0 Å². The molecular formula is C9H12O4. The van der Waals surface area contributed by atoms with E-state index in [1.54, 1.807) is 0 Å². The summed E-state index contributed by atoms with van der Waals surface area (Å²) >= 11 is 0. The Labute approximate surface area is 76.8 Å². The van der Waals surface area contributed by atoms with Gasteiger partial charge in [-0.25, -0.2) is 9.59 Å². The molecule has 0 amide bonds. The van der Waals surface area contributed by atoms with Crippen LogP contribution in [0.15, 0.2) is 24.0 Å². The van der Waals surface area contributed by atoms with Gasteiger partial charge in [0, 0.05) is 6.08 Å². The van der Waals surface area contributed by atoms with Gasteiger partial charge in [-0.3, -0.25) is 0 Å². The first kappa shape index (κ1) is 11.4. The second-order valence-electron chi connectivity index (χ2n) is 2.30. The number of hydrogen-bond acceptors (Lipinski definition) is 4. The molecule has 0 spiro atoms. The summed E-state index contributed by atoms with van der Waals surface area (Å²) in [5.41, 5.74) is 0.262. The molecule has 72 valence electrons. The van der Waals surface area contributed by atoms with E-state index in [1.807, 2.05) is 0 Å². The lowest BCUT2D eigenvalue weighted by Crippen LogP contribution is -2.07. The molecule has 4 nitrogen and oxygen atoms in total. The third-order valence-corrected chi connectivity index (χ3v) is 1.44. The van der Waals surface area contributed by atoms with Gasteiger partial charge in [0.2, 0.25) is 0 Å². The smallest absolute Gasteiger partial charge is 0.336 e. The standard InChI is InChI=1S/C9H12O4/c1-5-8(10)13-7(3)6(2)9(11)12-4/h5H,1H2,2-4H3. The molecule has 0 aromatic rings. The number of carbonyl (C=O) groups is 2. The Bertz CT molecular complexity index is 263. The van der Waals surface area contributed by atoms with Gasteiger partial charge in [0.1, 0.15) is 5.76 Å². The van der Waals surface area contributed by atoms with Gasteiger partial charge in [-0.1, -0.05) is 6.58 Å². The molecule has 0 heterocycles. The van der Waals surface area contributed by atoms with Crippen LogP contribution in [0.3, 0.4) is 0 Å². The molecule has 0 saturated carbocycles. The van der Waals surface area contributed by atoms with Gasteiger partial charge < -0.3 is 9.47 Å².